The Morgan fingerprint density at radius 2 is 2.12 bits per heavy atom. The van der Waals surface area contributed by atoms with E-state index >= 15 is 0 Å². The number of carbonyl (C=O) groups is 1. The highest BCUT2D eigenvalue weighted by Gasteiger charge is 2.08. The molecule has 0 saturated carbocycles. The van der Waals surface area contributed by atoms with Crippen LogP contribution in [-0.2, 0) is 0 Å². The fourth-order valence-electron chi connectivity index (χ4n) is 1.64. The van der Waals surface area contributed by atoms with Gasteiger partial charge in [-0.2, -0.15) is 0 Å². The normalized spacial score (nSPS) is 10.4. The zero-order chi connectivity index (χ0) is 11.7. The molecule has 4 nitrogen and oxygen atoms in total. The van der Waals surface area contributed by atoms with E-state index in [0.29, 0.717) is 5.88 Å². The average molecular weight is 217 g/mol. The number of nitrogens with zero attached hydrogens (tertiary/aromatic N) is 1. The van der Waals surface area contributed by atoms with Crippen LogP contribution in [0.5, 0.6) is 5.88 Å². The predicted molar refractivity (Wildman–Crippen MR) is 60.0 cm³/mol. The van der Waals surface area contributed by atoms with E-state index in [1.165, 1.54) is 0 Å². The van der Waals surface area contributed by atoms with E-state index in [1.54, 1.807) is 25.3 Å². The highest BCUT2D eigenvalue weighted by atomic mass is 16.5. The van der Waals surface area contributed by atoms with E-state index < -0.39 is 5.97 Å². The van der Waals surface area contributed by atoms with Crippen molar-refractivity contribution in [3.05, 3.63) is 35.5 Å². The number of methoxy groups -OCH3 is 1. The zero-order valence-electron chi connectivity index (χ0n) is 9.02. The van der Waals surface area contributed by atoms with Gasteiger partial charge in [0.25, 0.3) is 0 Å². The molecular weight excluding hydrogens is 206 g/mol. The van der Waals surface area contributed by atoms with Crippen molar-refractivity contribution in [2.45, 2.75) is 6.92 Å². The van der Waals surface area contributed by atoms with Crippen molar-refractivity contribution in [1.82, 2.24) is 4.98 Å². The molecule has 2 rings (SSSR count). The summed E-state index contributed by atoms with van der Waals surface area (Å²) in [5, 5.41) is 10.5. The second-order valence-corrected chi connectivity index (χ2v) is 3.51. The van der Waals surface area contributed by atoms with Crippen LogP contribution in [0.25, 0.3) is 10.8 Å². The summed E-state index contributed by atoms with van der Waals surface area (Å²) < 4.78 is 5.15. The van der Waals surface area contributed by atoms with Crippen LogP contribution in [0.15, 0.2) is 24.3 Å². The van der Waals surface area contributed by atoms with Gasteiger partial charge in [-0.1, -0.05) is 0 Å². The number of aromatic carboxylic acids is 1. The molecule has 0 bridgehead atoms. The minimum Gasteiger partial charge on any atom is -0.481 e. The minimum atomic E-state index is -0.935. The van der Waals surface area contributed by atoms with Gasteiger partial charge in [-0.05, 0) is 36.6 Å². The fraction of sp³-hybridized carbons (Fsp3) is 0.167. The molecule has 0 radical (unpaired) electrons. The van der Waals surface area contributed by atoms with Gasteiger partial charge in [0.05, 0.1) is 12.7 Å². The minimum absolute atomic E-state index is 0.264. The first-order valence-corrected chi connectivity index (χ1v) is 4.80. The van der Waals surface area contributed by atoms with Crippen LogP contribution >= 0.6 is 0 Å². The first-order valence-electron chi connectivity index (χ1n) is 4.80. The van der Waals surface area contributed by atoms with Gasteiger partial charge in [-0.15, -0.1) is 0 Å². The van der Waals surface area contributed by atoms with E-state index in [-0.39, 0.29) is 5.56 Å². The third-order valence-corrected chi connectivity index (χ3v) is 2.36. The largest absolute Gasteiger partial charge is 0.481 e. The Morgan fingerprint density at radius 3 is 2.75 bits per heavy atom. The standard InChI is InChI=1S/C12H11NO3/c1-7-5-9-6-8(12(14)15)3-4-10(9)11(13-7)16-2/h3-6H,1-2H3,(H,14,15). The molecule has 1 aromatic heterocycles. The number of rotatable bonds is 2. The molecule has 0 atom stereocenters. The average Bonchev–Trinajstić information content (AvgIpc) is 2.26. The summed E-state index contributed by atoms with van der Waals surface area (Å²) in [6.45, 7) is 1.84. The van der Waals surface area contributed by atoms with Crippen LogP contribution in [0.3, 0.4) is 0 Å². The van der Waals surface area contributed by atoms with Crippen molar-refractivity contribution in [3.63, 3.8) is 0 Å². The quantitative estimate of drug-likeness (QED) is 0.838. The number of carboxylic acid groups (broad SMARTS) is 1. The summed E-state index contributed by atoms with van der Waals surface area (Å²) >= 11 is 0. The number of hydrogen-bond acceptors (Lipinski definition) is 3. The topological polar surface area (TPSA) is 59.4 Å². The van der Waals surface area contributed by atoms with Crippen molar-refractivity contribution in [1.29, 1.82) is 0 Å². The lowest BCUT2D eigenvalue weighted by atomic mass is 10.1. The summed E-state index contributed by atoms with van der Waals surface area (Å²) in [7, 11) is 1.55. The molecule has 0 aliphatic carbocycles. The Kier molecular flexibility index (Phi) is 2.48. The SMILES string of the molecule is COc1nc(C)cc2cc(C(=O)O)ccc12. The predicted octanol–water partition coefficient (Wildman–Crippen LogP) is 2.25. The number of pyridine rings is 1. The van der Waals surface area contributed by atoms with Gasteiger partial charge in [0, 0.05) is 11.1 Å². The lowest BCUT2D eigenvalue weighted by molar-refractivity contribution is 0.0697. The molecule has 0 amide bonds. The maximum absolute atomic E-state index is 10.8. The summed E-state index contributed by atoms with van der Waals surface area (Å²) in [5.74, 6) is -0.415. The van der Waals surface area contributed by atoms with Gasteiger partial charge in [0.15, 0.2) is 0 Å². The number of carboxylic acids is 1. The number of benzene rings is 1. The van der Waals surface area contributed by atoms with Crippen molar-refractivity contribution in [3.8, 4) is 5.88 Å². The van der Waals surface area contributed by atoms with E-state index in [4.69, 9.17) is 9.84 Å². The molecule has 4 heteroatoms. The zero-order valence-corrected chi connectivity index (χ0v) is 9.02. The summed E-state index contributed by atoms with van der Waals surface area (Å²) in [5.41, 5.74) is 1.06. The van der Waals surface area contributed by atoms with Gasteiger partial charge in [0.1, 0.15) is 0 Å². The molecule has 1 N–H and O–H groups in total. The van der Waals surface area contributed by atoms with E-state index in [1.807, 2.05) is 13.0 Å². The Morgan fingerprint density at radius 1 is 1.38 bits per heavy atom. The van der Waals surface area contributed by atoms with Crippen LogP contribution in [0.2, 0.25) is 0 Å². The number of aryl methyl sites for hydroxylation is 1. The molecule has 0 spiro atoms. The first kappa shape index (κ1) is 10.4. The molecule has 2 aromatic rings. The fourth-order valence-corrected chi connectivity index (χ4v) is 1.64. The number of hydrogen-bond donors (Lipinski definition) is 1. The lowest BCUT2D eigenvalue weighted by Crippen LogP contribution is -1.97. The third kappa shape index (κ3) is 1.69. The van der Waals surface area contributed by atoms with Crippen molar-refractivity contribution < 1.29 is 14.6 Å². The first-order chi connectivity index (χ1) is 7.61. The van der Waals surface area contributed by atoms with Crippen LogP contribution in [0.1, 0.15) is 16.1 Å². The third-order valence-electron chi connectivity index (χ3n) is 2.36. The van der Waals surface area contributed by atoms with Crippen LogP contribution in [0.4, 0.5) is 0 Å². The number of ether oxygens (including phenoxy) is 1. The highest BCUT2D eigenvalue weighted by molar-refractivity contribution is 5.96. The molecule has 1 aromatic carbocycles. The summed E-state index contributed by atoms with van der Waals surface area (Å²) in [6.07, 6.45) is 0. The molecule has 16 heavy (non-hydrogen) atoms. The highest BCUT2D eigenvalue weighted by Crippen LogP contribution is 2.25. The van der Waals surface area contributed by atoms with Gasteiger partial charge in [0.2, 0.25) is 5.88 Å². The summed E-state index contributed by atoms with van der Waals surface area (Å²) in [4.78, 5) is 15.1. The maximum Gasteiger partial charge on any atom is 0.335 e. The molecule has 82 valence electrons. The molecule has 1 heterocycles. The second kappa shape index (κ2) is 3.81. The van der Waals surface area contributed by atoms with Crippen LogP contribution in [-0.4, -0.2) is 23.2 Å². The molecule has 0 saturated heterocycles. The Balaban J connectivity index is 2.74. The van der Waals surface area contributed by atoms with Crippen molar-refractivity contribution in [2.24, 2.45) is 0 Å². The Bertz CT molecular complexity index is 563. The number of aromatic nitrogens is 1. The van der Waals surface area contributed by atoms with Gasteiger partial charge < -0.3 is 9.84 Å². The molecule has 0 fully saturated rings. The Hall–Kier alpha value is -2.10. The second-order valence-electron chi connectivity index (χ2n) is 3.51. The molecule has 0 aliphatic rings. The van der Waals surface area contributed by atoms with Crippen molar-refractivity contribution >= 4 is 16.7 Å². The van der Waals surface area contributed by atoms with Crippen LogP contribution < -0.4 is 4.74 Å². The monoisotopic (exact) mass is 217 g/mol. The van der Waals surface area contributed by atoms with Gasteiger partial charge in [-0.3, -0.25) is 0 Å². The van der Waals surface area contributed by atoms with E-state index in [9.17, 15) is 4.79 Å². The van der Waals surface area contributed by atoms with Gasteiger partial charge >= 0.3 is 5.97 Å². The Labute approximate surface area is 92.5 Å². The smallest absolute Gasteiger partial charge is 0.335 e. The lowest BCUT2D eigenvalue weighted by Gasteiger charge is -2.06. The maximum atomic E-state index is 10.8. The molecule has 0 aliphatic heterocycles. The molecule has 0 unspecified atom stereocenters. The number of fused-ring (bicyclic) bond motifs is 1. The summed E-state index contributed by atoms with van der Waals surface area (Å²) in [6, 6.07) is 6.72. The van der Waals surface area contributed by atoms with Gasteiger partial charge in [-0.25, -0.2) is 9.78 Å². The van der Waals surface area contributed by atoms with Crippen molar-refractivity contribution in [2.75, 3.05) is 7.11 Å². The van der Waals surface area contributed by atoms with E-state index in [2.05, 4.69) is 4.98 Å². The van der Waals surface area contributed by atoms with Crippen LogP contribution in [0, 0.1) is 6.92 Å². The van der Waals surface area contributed by atoms with E-state index in [0.717, 1.165) is 16.5 Å². The molecular formula is C12H11NO3.